The fraction of sp³-hybridized carbons (Fsp3) is 0.286. The summed E-state index contributed by atoms with van der Waals surface area (Å²) in [6, 6.07) is 0. The number of hydrogen-bond donors (Lipinski definition) is 1. The molecule has 4 nitrogen and oxygen atoms in total. The third-order valence-electron chi connectivity index (χ3n) is 1.62. The first-order chi connectivity index (χ1) is 5.27. The predicted octanol–water partition coefficient (Wildman–Crippen LogP) is 0.970. The van der Waals surface area contributed by atoms with Crippen molar-refractivity contribution in [3.05, 3.63) is 17.7 Å². The summed E-state index contributed by atoms with van der Waals surface area (Å²) in [6.45, 7) is 3.80. The number of nitrogens with one attached hydrogen (secondary N) is 1. The molecule has 0 unspecified atom stereocenters. The molecule has 0 atom stereocenters. The van der Waals surface area contributed by atoms with E-state index in [1.165, 1.54) is 0 Å². The third kappa shape index (κ3) is 0.869. The Morgan fingerprint density at radius 3 is 3.00 bits per heavy atom. The van der Waals surface area contributed by atoms with Crippen LogP contribution in [-0.4, -0.2) is 20.2 Å². The van der Waals surface area contributed by atoms with Gasteiger partial charge in [0.1, 0.15) is 5.82 Å². The van der Waals surface area contributed by atoms with E-state index >= 15 is 0 Å². The molecule has 4 heteroatoms. The van der Waals surface area contributed by atoms with Crippen LogP contribution in [0.15, 0.2) is 6.20 Å². The van der Waals surface area contributed by atoms with E-state index < -0.39 is 0 Å². The zero-order chi connectivity index (χ0) is 7.84. The van der Waals surface area contributed by atoms with Crippen molar-refractivity contribution < 1.29 is 0 Å². The molecule has 1 N–H and O–H groups in total. The molecule has 0 aliphatic carbocycles. The standard InChI is InChI=1S/C7H8N4/c1-4-6-3-8-5(2)9-7(6)11-10-4/h3H,1-2H3,(H,8,9,10,11). The number of aromatic nitrogens is 4. The summed E-state index contributed by atoms with van der Waals surface area (Å²) in [5.41, 5.74) is 1.76. The highest BCUT2D eigenvalue weighted by atomic mass is 15.2. The van der Waals surface area contributed by atoms with Gasteiger partial charge >= 0.3 is 0 Å². The van der Waals surface area contributed by atoms with E-state index in [1.54, 1.807) is 6.20 Å². The van der Waals surface area contributed by atoms with Crippen LogP contribution in [0.5, 0.6) is 0 Å². The highest BCUT2D eigenvalue weighted by Gasteiger charge is 2.01. The number of rotatable bonds is 0. The normalized spacial score (nSPS) is 10.7. The molecule has 2 aromatic heterocycles. The fourth-order valence-electron chi connectivity index (χ4n) is 1.00. The lowest BCUT2D eigenvalue weighted by atomic mass is 10.3. The number of aromatic amines is 1. The van der Waals surface area contributed by atoms with Gasteiger partial charge in [-0.2, -0.15) is 5.10 Å². The van der Waals surface area contributed by atoms with Gasteiger partial charge in [-0.3, -0.25) is 5.10 Å². The molecule has 11 heavy (non-hydrogen) atoms. The predicted molar refractivity (Wildman–Crippen MR) is 41.2 cm³/mol. The fourth-order valence-corrected chi connectivity index (χ4v) is 1.00. The van der Waals surface area contributed by atoms with Crippen molar-refractivity contribution in [2.45, 2.75) is 13.8 Å². The molecule has 0 spiro atoms. The van der Waals surface area contributed by atoms with Crippen molar-refractivity contribution in [2.75, 3.05) is 0 Å². The molecule has 0 fully saturated rings. The van der Waals surface area contributed by atoms with Crippen LogP contribution in [0.1, 0.15) is 11.5 Å². The molecule has 0 amide bonds. The maximum absolute atomic E-state index is 4.14. The molecule has 0 saturated carbocycles. The Hall–Kier alpha value is -1.45. The highest BCUT2D eigenvalue weighted by molar-refractivity contribution is 5.76. The second-order valence-electron chi connectivity index (χ2n) is 2.50. The summed E-state index contributed by atoms with van der Waals surface area (Å²) in [7, 11) is 0. The topological polar surface area (TPSA) is 54.5 Å². The van der Waals surface area contributed by atoms with Crippen LogP contribution in [0.3, 0.4) is 0 Å². The Kier molecular flexibility index (Phi) is 1.15. The first kappa shape index (κ1) is 6.27. The first-order valence-corrected chi connectivity index (χ1v) is 3.41. The molecule has 0 radical (unpaired) electrons. The minimum atomic E-state index is 0.745. The zero-order valence-corrected chi connectivity index (χ0v) is 6.42. The minimum absolute atomic E-state index is 0.745. The molecular formula is C7H8N4. The maximum atomic E-state index is 4.14. The van der Waals surface area contributed by atoms with Crippen molar-refractivity contribution >= 4 is 11.0 Å². The number of aryl methyl sites for hydroxylation is 2. The van der Waals surface area contributed by atoms with Crippen LogP contribution in [0, 0.1) is 13.8 Å². The Morgan fingerprint density at radius 1 is 1.36 bits per heavy atom. The van der Waals surface area contributed by atoms with E-state index in [0.29, 0.717) is 0 Å². The van der Waals surface area contributed by atoms with Gasteiger partial charge in [-0.1, -0.05) is 0 Å². The molecule has 0 aromatic carbocycles. The lowest BCUT2D eigenvalue weighted by molar-refractivity contribution is 1.03. The van der Waals surface area contributed by atoms with Crippen LogP contribution >= 0.6 is 0 Å². The molecule has 2 heterocycles. The van der Waals surface area contributed by atoms with Crippen molar-refractivity contribution in [1.82, 2.24) is 20.2 Å². The van der Waals surface area contributed by atoms with Gasteiger partial charge in [0.2, 0.25) is 0 Å². The van der Waals surface area contributed by atoms with Gasteiger partial charge in [0.15, 0.2) is 5.65 Å². The van der Waals surface area contributed by atoms with Crippen molar-refractivity contribution in [2.24, 2.45) is 0 Å². The van der Waals surface area contributed by atoms with E-state index in [9.17, 15) is 0 Å². The molecule has 2 rings (SSSR count). The van der Waals surface area contributed by atoms with E-state index in [1.807, 2.05) is 13.8 Å². The van der Waals surface area contributed by atoms with Crippen LogP contribution in [0.25, 0.3) is 11.0 Å². The molecular weight excluding hydrogens is 140 g/mol. The van der Waals surface area contributed by atoms with Gasteiger partial charge in [0, 0.05) is 11.9 Å². The molecule has 0 aliphatic rings. The van der Waals surface area contributed by atoms with E-state index in [4.69, 9.17) is 0 Å². The summed E-state index contributed by atoms with van der Waals surface area (Å²) >= 11 is 0. The van der Waals surface area contributed by atoms with Crippen molar-refractivity contribution in [1.29, 1.82) is 0 Å². The number of hydrogen-bond acceptors (Lipinski definition) is 3. The molecule has 2 aromatic rings. The van der Waals surface area contributed by atoms with Crippen LogP contribution in [0.2, 0.25) is 0 Å². The summed E-state index contributed by atoms with van der Waals surface area (Å²) in [5.74, 6) is 0.754. The average Bonchev–Trinajstić information content (AvgIpc) is 2.32. The largest absolute Gasteiger partial charge is 0.280 e. The van der Waals surface area contributed by atoms with E-state index in [2.05, 4.69) is 20.2 Å². The summed E-state index contributed by atoms with van der Waals surface area (Å²) < 4.78 is 0. The van der Waals surface area contributed by atoms with Gasteiger partial charge in [-0.15, -0.1) is 0 Å². The smallest absolute Gasteiger partial charge is 0.184 e. The lowest BCUT2D eigenvalue weighted by Gasteiger charge is -1.89. The van der Waals surface area contributed by atoms with E-state index in [-0.39, 0.29) is 0 Å². The van der Waals surface area contributed by atoms with Gasteiger partial charge in [0.05, 0.1) is 5.39 Å². The Balaban J connectivity index is 2.86. The van der Waals surface area contributed by atoms with Crippen LogP contribution < -0.4 is 0 Å². The third-order valence-corrected chi connectivity index (χ3v) is 1.62. The lowest BCUT2D eigenvalue weighted by Crippen LogP contribution is -1.85. The van der Waals surface area contributed by atoms with Crippen molar-refractivity contribution in [3.8, 4) is 0 Å². The van der Waals surface area contributed by atoms with Crippen molar-refractivity contribution in [3.63, 3.8) is 0 Å². The van der Waals surface area contributed by atoms with Gasteiger partial charge in [-0.25, -0.2) is 9.97 Å². The van der Waals surface area contributed by atoms with Gasteiger partial charge in [0.25, 0.3) is 0 Å². The molecule has 0 saturated heterocycles. The van der Waals surface area contributed by atoms with E-state index in [0.717, 1.165) is 22.6 Å². The number of fused-ring (bicyclic) bond motifs is 1. The minimum Gasteiger partial charge on any atom is -0.280 e. The molecule has 0 bridgehead atoms. The highest BCUT2D eigenvalue weighted by Crippen LogP contribution is 2.10. The van der Waals surface area contributed by atoms with Gasteiger partial charge < -0.3 is 0 Å². The first-order valence-electron chi connectivity index (χ1n) is 3.41. The monoisotopic (exact) mass is 148 g/mol. The van der Waals surface area contributed by atoms with Crippen LogP contribution in [-0.2, 0) is 0 Å². The quantitative estimate of drug-likeness (QED) is 0.605. The second kappa shape index (κ2) is 2.02. The van der Waals surface area contributed by atoms with Crippen LogP contribution in [0.4, 0.5) is 0 Å². The second-order valence-corrected chi connectivity index (χ2v) is 2.50. The van der Waals surface area contributed by atoms with Gasteiger partial charge in [-0.05, 0) is 13.8 Å². The Bertz CT molecular complexity index is 390. The Morgan fingerprint density at radius 2 is 2.18 bits per heavy atom. The summed E-state index contributed by atoms with van der Waals surface area (Å²) in [5, 5.41) is 7.85. The molecule has 56 valence electrons. The Labute approximate surface area is 63.7 Å². The SMILES string of the molecule is Cc1ncc2c(C)[nH]nc2n1. The summed E-state index contributed by atoms with van der Waals surface area (Å²) in [6.07, 6.45) is 1.79. The number of H-pyrrole nitrogens is 1. The molecule has 0 aliphatic heterocycles. The maximum Gasteiger partial charge on any atom is 0.184 e. The average molecular weight is 148 g/mol. The zero-order valence-electron chi connectivity index (χ0n) is 6.42. The summed E-state index contributed by atoms with van der Waals surface area (Å²) in [4.78, 5) is 8.21. The number of nitrogens with zero attached hydrogens (tertiary/aromatic N) is 3.